The van der Waals surface area contributed by atoms with Crippen LogP contribution in [0.5, 0.6) is 11.5 Å². The highest BCUT2D eigenvalue weighted by Gasteiger charge is 2.10. The summed E-state index contributed by atoms with van der Waals surface area (Å²) in [7, 11) is 0. The number of aryl methyl sites for hydroxylation is 1. The van der Waals surface area contributed by atoms with Crippen molar-refractivity contribution in [2.24, 2.45) is 5.73 Å². The fraction of sp³-hybridized carbons (Fsp3) is 0.190. The van der Waals surface area contributed by atoms with E-state index in [1.807, 2.05) is 44.2 Å². The minimum atomic E-state index is -0.277. The number of nitriles is 1. The lowest BCUT2D eigenvalue weighted by molar-refractivity contribution is -0.118. The number of rotatable bonds is 8. The number of nitrogens with zero attached hydrogens (tertiary/aromatic N) is 1. The number of anilines is 1. The van der Waals surface area contributed by atoms with Gasteiger partial charge in [-0.3, -0.25) is 4.79 Å². The quantitative estimate of drug-likeness (QED) is 0.403. The summed E-state index contributed by atoms with van der Waals surface area (Å²) in [6.07, 6.45) is 1.57. The number of benzene rings is 2. The Morgan fingerprint density at radius 3 is 2.64 bits per heavy atom. The number of amides is 1. The predicted octanol–water partition coefficient (Wildman–Crippen LogP) is 3.60. The smallest absolute Gasteiger partial charge is 0.262 e. The van der Waals surface area contributed by atoms with Crippen molar-refractivity contribution in [2.75, 3.05) is 18.5 Å². The van der Waals surface area contributed by atoms with Crippen molar-refractivity contribution in [3.8, 4) is 17.6 Å². The molecule has 2 aromatic carbocycles. The summed E-state index contributed by atoms with van der Waals surface area (Å²) in [5.74, 6) is 0.605. The third kappa shape index (κ3) is 5.83. The summed E-state index contributed by atoms with van der Waals surface area (Å²) in [4.78, 5) is 12.2. The fourth-order valence-electron chi connectivity index (χ4n) is 2.37. The van der Waals surface area contributed by atoms with Gasteiger partial charge in [0.2, 0.25) is 0 Å². The van der Waals surface area contributed by atoms with E-state index in [1.165, 1.54) is 0 Å². The molecule has 144 valence electrons. The van der Waals surface area contributed by atoms with E-state index in [0.717, 1.165) is 11.3 Å². The number of ether oxygens (including phenoxy) is 2. The Morgan fingerprint density at radius 2 is 2.00 bits per heavy atom. The number of hydrogen-bond donors (Lipinski definition) is 2. The number of thiocarbonyl (C=S) groups is 1. The van der Waals surface area contributed by atoms with Gasteiger partial charge in [0.1, 0.15) is 11.1 Å². The van der Waals surface area contributed by atoms with Crippen LogP contribution in [0, 0.1) is 18.3 Å². The second-order valence-corrected chi connectivity index (χ2v) is 6.26. The fourth-order valence-corrected chi connectivity index (χ4v) is 2.47. The minimum Gasteiger partial charge on any atom is -0.490 e. The Morgan fingerprint density at radius 1 is 1.25 bits per heavy atom. The Balaban J connectivity index is 2.12. The van der Waals surface area contributed by atoms with Crippen LogP contribution in [0.15, 0.2) is 48.0 Å². The molecule has 2 rings (SSSR count). The van der Waals surface area contributed by atoms with Gasteiger partial charge in [0.25, 0.3) is 5.91 Å². The van der Waals surface area contributed by atoms with Crippen LogP contribution in [0.1, 0.15) is 18.1 Å². The summed E-state index contributed by atoms with van der Waals surface area (Å²) in [6, 6.07) is 14.6. The highest BCUT2D eigenvalue weighted by molar-refractivity contribution is 7.80. The molecule has 0 fully saturated rings. The molecule has 0 aliphatic carbocycles. The lowest BCUT2D eigenvalue weighted by Crippen LogP contribution is -2.20. The van der Waals surface area contributed by atoms with Gasteiger partial charge in [0.15, 0.2) is 18.1 Å². The second kappa shape index (κ2) is 10.1. The molecule has 7 heteroatoms. The largest absolute Gasteiger partial charge is 0.490 e. The first-order valence-corrected chi connectivity index (χ1v) is 9.02. The second-order valence-electron chi connectivity index (χ2n) is 5.83. The van der Waals surface area contributed by atoms with Crippen molar-refractivity contribution in [1.82, 2.24) is 0 Å². The normalized spacial score (nSPS) is 10.7. The van der Waals surface area contributed by atoms with Gasteiger partial charge < -0.3 is 20.5 Å². The number of hydrogen-bond acceptors (Lipinski definition) is 5. The maximum atomic E-state index is 12.2. The first-order valence-electron chi connectivity index (χ1n) is 8.61. The monoisotopic (exact) mass is 395 g/mol. The van der Waals surface area contributed by atoms with Crippen LogP contribution in [-0.4, -0.2) is 24.1 Å². The predicted molar refractivity (Wildman–Crippen MR) is 113 cm³/mol. The van der Waals surface area contributed by atoms with E-state index in [1.54, 1.807) is 24.3 Å². The molecule has 0 atom stereocenters. The maximum absolute atomic E-state index is 12.2. The van der Waals surface area contributed by atoms with E-state index in [2.05, 4.69) is 5.32 Å². The molecule has 0 bridgehead atoms. The van der Waals surface area contributed by atoms with E-state index >= 15 is 0 Å². The Labute approximate surface area is 169 Å². The topological polar surface area (TPSA) is 97.4 Å². The van der Waals surface area contributed by atoms with Crippen molar-refractivity contribution in [2.45, 2.75) is 13.8 Å². The van der Waals surface area contributed by atoms with Gasteiger partial charge in [-0.15, -0.1) is 0 Å². The van der Waals surface area contributed by atoms with Gasteiger partial charge >= 0.3 is 0 Å². The average molecular weight is 395 g/mol. The molecule has 0 aliphatic heterocycles. The molecule has 0 heterocycles. The van der Waals surface area contributed by atoms with E-state index in [-0.39, 0.29) is 23.1 Å². The van der Waals surface area contributed by atoms with Crippen molar-refractivity contribution >= 4 is 34.9 Å². The first kappa shape index (κ1) is 20.9. The molecular formula is C21H21N3O3S. The third-order valence-electron chi connectivity index (χ3n) is 3.74. The highest BCUT2D eigenvalue weighted by Crippen LogP contribution is 2.29. The zero-order chi connectivity index (χ0) is 20.5. The van der Waals surface area contributed by atoms with Crippen molar-refractivity contribution in [1.29, 1.82) is 5.26 Å². The zero-order valence-electron chi connectivity index (χ0n) is 15.7. The molecule has 28 heavy (non-hydrogen) atoms. The molecule has 0 saturated carbocycles. The van der Waals surface area contributed by atoms with Crippen LogP contribution >= 0.6 is 12.2 Å². The average Bonchev–Trinajstić information content (AvgIpc) is 2.67. The SMILES string of the molecule is CCOc1cc(/C=C(/C#N)C(N)=S)ccc1OCC(=O)Nc1ccccc1C. The van der Waals surface area contributed by atoms with Gasteiger partial charge in [0.05, 0.1) is 12.2 Å². The molecular weight excluding hydrogens is 374 g/mol. The number of para-hydroxylation sites is 1. The van der Waals surface area contributed by atoms with Gasteiger partial charge in [-0.25, -0.2) is 0 Å². The molecule has 0 saturated heterocycles. The van der Waals surface area contributed by atoms with E-state index in [0.29, 0.717) is 23.7 Å². The lowest BCUT2D eigenvalue weighted by Gasteiger charge is -2.13. The molecule has 3 N–H and O–H groups in total. The Hall–Kier alpha value is -3.37. The van der Waals surface area contributed by atoms with E-state index < -0.39 is 0 Å². The molecule has 0 aliphatic rings. The number of carbonyl (C=O) groups excluding carboxylic acids is 1. The van der Waals surface area contributed by atoms with Gasteiger partial charge in [-0.1, -0.05) is 36.5 Å². The summed E-state index contributed by atoms with van der Waals surface area (Å²) >= 11 is 4.84. The molecule has 0 aromatic heterocycles. The number of nitrogens with two attached hydrogens (primary N) is 1. The van der Waals surface area contributed by atoms with Crippen molar-refractivity contribution in [3.63, 3.8) is 0 Å². The van der Waals surface area contributed by atoms with Crippen LogP contribution in [0.3, 0.4) is 0 Å². The van der Waals surface area contributed by atoms with Gasteiger partial charge in [0, 0.05) is 5.69 Å². The van der Waals surface area contributed by atoms with Crippen molar-refractivity contribution < 1.29 is 14.3 Å². The van der Waals surface area contributed by atoms with Crippen molar-refractivity contribution in [3.05, 3.63) is 59.2 Å². The Kier molecular flexibility index (Phi) is 7.55. The molecule has 6 nitrogen and oxygen atoms in total. The molecule has 0 unspecified atom stereocenters. The third-order valence-corrected chi connectivity index (χ3v) is 3.96. The maximum Gasteiger partial charge on any atom is 0.262 e. The van der Waals surface area contributed by atoms with Crippen LogP contribution < -0.4 is 20.5 Å². The van der Waals surface area contributed by atoms with Crippen LogP contribution in [0.4, 0.5) is 5.69 Å². The Bertz CT molecular complexity index is 948. The standard InChI is InChI=1S/C21H21N3O3S/c1-3-26-19-11-15(10-16(12-22)21(23)28)8-9-18(19)27-13-20(25)24-17-7-5-4-6-14(17)2/h4-11H,3,13H2,1-2H3,(H2,23,28)(H,24,25)/b16-10-. The number of nitrogens with one attached hydrogen (secondary N) is 1. The van der Waals surface area contributed by atoms with E-state index in [4.69, 9.17) is 32.7 Å². The summed E-state index contributed by atoms with van der Waals surface area (Å²) in [5, 5.41) is 11.9. The summed E-state index contributed by atoms with van der Waals surface area (Å²) in [5.41, 5.74) is 8.10. The molecule has 0 spiro atoms. The highest BCUT2D eigenvalue weighted by atomic mass is 32.1. The number of carbonyl (C=O) groups is 1. The zero-order valence-corrected chi connectivity index (χ0v) is 16.5. The van der Waals surface area contributed by atoms with E-state index in [9.17, 15) is 4.79 Å². The van der Waals surface area contributed by atoms with Gasteiger partial charge in [-0.2, -0.15) is 5.26 Å². The molecule has 1 amide bonds. The minimum absolute atomic E-state index is 0.0219. The van der Waals surface area contributed by atoms with Crippen LogP contribution in [0.2, 0.25) is 0 Å². The van der Waals surface area contributed by atoms with Crippen LogP contribution in [-0.2, 0) is 4.79 Å². The lowest BCUT2D eigenvalue weighted by atomic mass is 10.1. The van der Waals surface area contributed by atoms with Gasteiger partial charge in [-0.05, 0) is 49.2 Å². The molecule has 2 aromatic rings. The summed E-state index contributed by atoms with van der Waals surface area (Å²) < 4.78 is 11.2. The summed E-state index contributed by atoms with van der Waals surface area (Å²) in [6.45, 7) is 4.00. The first-order chi connectivity index (χ1) is 13.4. The molecule has 0 radical (unpaired) electrons. The van der Waals surface area contributed by atoms with Crippen LogP contribution in [0.25, 0.3) is 6.08 Å².